The minimum atomic E-state index is -0.0233. The average molecular weight is 195 g/mol. The normalized spacial score (nSPS) is 27.9. The van der Waals surface area contributed by atoms with Gasteiger partial charge in [0.2, 0.25) is 0 Å². The highest BCUT2D eigenvalue weighted by Gasteiger charge is 2.25. The minimum Gasteiger partial charge on any atom is -0.326 e. The van der Waals surface area contributed by atoms with Crippen LogP contribution in [0.4, 0.5) is 0 Å². The molecule has 1 heterocycles. The van der Waals surface area contributed by atoms with Crippen LogP contribution < -0.4 is 11.4 Å². The number of aromatic nitrogens is 2. The lowest BCUT2D eigenvalue weighted by atomic mass is 9.91. The summed E-state index contributed by atoms with van der Waals surface area (Å²) in [5.41, 5.74) is 6.99. The Labute approximate surface area is 83.1 Å². The average Bonchev–Trinajstić information content (AvgIpc) is 2.48. The van der Waals surface area contributed by atoms with Crippen LogP contribution in [0.5, 0.6) is 0 Å². The van der Waals surface area contributed by atoms with Crippen LogP contribution in [0.25, 0.3) is 0 Å². The van der Waals surface area contributed by atoms with E-state index in [0.29, 0.717) is 0 Å². The molecule has 1 aromatic rings. The standard InChI is InChI=1S/C10H17N3O/c1-7-6-12-10(14)13(7)9-5-3-2-4-8(9)11/h6,8-9H,2-5,11H2,1H3,(H,12,14). The van der Waals surface area contributed by atoms with E-state index in [1.807, 2.05) is 11.5 Å². The Hall–Kier alpha value is -1.03. The third kappa shape index (κ3) is 1.50. The van der Waals surface area contributed by atoms with E-state index in [0.717, 1.165) is 18.5 Å². The highest BCUT2D eigenvalue weighted by molar-refractivity contribution is 5.00. The molecule has 1 fully saturated rings. The van der Waals surface area contributed by atoms with Crippen molar-refractivity contribution in [1.82, 2.24) is 9.55 Å². The minimum absolute atomic E-state index is 0.0233. The molecule has 1 aromatic heterocycles. The first-order valence-electron chi connectivity index (χ1n) is 5.22. The summed E-state index contributed by atoms with van der Waals surface area (Å²) in [6.45, 7) is 1.94. The molecule has 1 aliphatic rings. The zero-order valence-electron chi connectivity index (χ0n) is 8.49. The molecule has 2 rings (SSSR count). The second kappa shape index (κ2) is 3.61. The van der Waals surface area contributed by atoms with Gasteiger partial charge in [-0.2, -0.15) is 0 Å². The van der Waals surface area contributed by atoms with Gasteiger partial charge in [-0.05, 0) is 19.8 Å². The molecule has 4 heteroatoms. The molecule has 0 aromatic carbocycles. The topological polar surface area (TPSA) is 63.8 Å². The molecule has 78 valence electrons. The number of aryl methyl sites for hydroxylation is 1. The third-order valence-corrected chi connectivity index (χ3v) is 3.12. The summed E-state index contributed by atoms with van der Waals surface area (Å²) in [5, 5.41) is 0. The van der Waals surface area contributed by atoms with Crippen molar-refractivity contribution in [2.24, 2.45) is 5.73 Å². The van der Waals surface area contributed by atoms with Gasteiger partial charge in [0, 0.05) is 17.9 Å². The van der Waals surface area contributed by atoms with Gasteiger partial charge in [-0.15, -0.1) is 0 Å². The Morgan fingerprint density at radius 3 is 2.79 bits per heavy atom. The third-order valence-electron chi connectivity index (χ3n) is 3.12. The summed E-state index contributed by atoms with van der Waals surface area (Å²) in [6.07, 6.45) is 6.18. The molecule has 0 bridgehead atoms. The molecular formula is C10H17N3O. The maximum absolute atomic E-state index is 11.5. The number of aromatic amines is 1. The molecule has 0 radical (unpaired) electrons. The second-order valence-electron chi connectivity index (χ2n) is 4.12. The van der Waals surface area contributed by atoms with Gasteiger partial charge in [-0.1, -0.05) is 12.8 Å². The van der Waals surface area contributed by atoms with Gasteiger partial charge in [0.25, 0.3) is 0 Å². The van der Waals surface area contributed by atoms with Crippen molar-refractivity contribution in [3.63, 3.8) is 0 Å². The Balaban J connectivity index is 2.33. The smallest absolute Gasteiger partial charge is 0.326 e. The largest absolute Gasteiger partial charge is 0.326 e. The van der Waals surface area contributed by atoms with Gasteiger partial charge >= 0.3 is 5.69 Å². The Bertz CT molecular complexity index is 366. The highest BCUT2D eigenvalue weighted by atomic mass is 16.1. The number of hydrogen-bond donors (Lipinski definition) is 2. The summed E-state index contributed by atoms with van der Waals surface area (Å²) in [5.74, 6) is 0. The first-order chi connectivity index (χ1) is 6.70. The highest BCUT2D eigenvalue weighted by Crippen LogP contribution is 2.26. The number of H-pyrrole nitrogens is 1. The van der Waals surface area contributed by atoms with E-state index in [9.17, 15) is 4.79 Å². The van der Waals surface area contributed by atoms with Gasteiger partial charge < -0.3 is 10.7 Å². The van der Waals surface area contributed by atoms with Crippen molar-refractivity contribution in [1.29, 1.82) is 0 Å². The van der Waals surface area contributed by atoms with Gasteiger partial charge in [0.05, 0.1) is 6.04 Å². The predicted octanol–water partition coefficient (Wildman–Crippen LogP) is 0.927. The fraction of sp³-hybridized carbons (Fsp3) is 0.700. The van der Waals surface area contributed by atoms with Gasteiger partial charge in [0.15, 0.2) is 0 Å². The van der Waals surface area contributed by atoms with Crippen molar-refractivity contribution in [3.8, 4) is 0 Å². The number of rotatable bonds is 1. The van der Waals surface area contributed by atoms with Crippen molar-refractivity contribution < 1.29 is 0 Å². The van der Waals surface area contributed by atoms with E-state index in [-0.39, 0.29) is 17.8 Å². The number of nitrogens with two attached hydrogens (primary N) is 1. The van der Waals surface area contributed by atoms with E-state index in [4.69, 9.17) is 5.73 Å². The van der Waals surface area contributed by atoms with Crippen LogP contribution in [0.3, 0.4) is 0 Å². The molecule has 0 aliphatic heterocycles. The molecule has 4 nitrogen and oxygen atoms in total. The number of imidazole rings is 1. The Morgan fingerprint density at radius 1 is 1.50 bits per heavy atom. The van der Waals surface area contributed by atoms with Crippen LogP contribution in [0.2, 0.25) is 0 Å². The lowest BCUT2D eigenvalue weighted by Crippen LogP contribution is -2.39. The second-order valence-corrected chi connectivity index (χ2v) is 4.12. The SMILES string of the molecule is Cc1c[nH]c(=O)n1C1CCCCC1N. The molecule has 1 aliphatic carbocycles. The number of nitrogens with one attached hydrogen (secondary N) is 1. The molecule has 0 amide bonds. The summed E-state index contributed by atoms with van der Waals surface area (Å²) < 4.78 is 1.81. The lowest BCUT2D eigenvalue weighted by molar-refractivity contribution is 0.297. The lowest BCUT2D eigenvalue weighted by Gasteiger charge is -2.29. The summed E-state index contributed by atoms with van der Waals surface area (Å²) in [4.78, 5) is 14.2. The molecular weight excluding hydrogens is 178 g/mol. The molecule has 14 heavy (non-hydrogen) atoms. The zero-order valence-corrected chi connectivity index (χ0v) is 8.49. The van der Waals surface area contributed by atoms with Crippen LogP contribution >= 0.6 is 0 Å². The van der Waals surface area contributed by atoms with E-state index in [1.54, 1.807) is 6.20 Å². The van der Waals surface area contributed by atoms with E-state index < -0.39 is 0 Å². The van der Waals surface area contributed by atoms with Crippen molar-refractivity contribution >= 4 is 0 Å². The van der Waals surface area contributed by atoms with Crippen LogP contribution in [0, 0.1) is 6.92 Å². The number of nitrogens with zero attached hydrogens (tertiary/aromatic N) is 1. The maximum Gasteiger partial charge on any atom is 0.326 e. The van der Waals surface area contributed by atoms with E-state index in [1.165, 1.54) is 12.8 Å². The van der Waals surface area contributed by atoms with Crippen LogP contribution in [-0.2, 0) is 0 Å². The summed E-state index contributed by atoms with van der Waals surface area (Å²) in [6, 6.07) is 0.332. The molecule has 1 saturated carbocycles. The van der Waals surface area contributed by atoms with Crippen LogP contribution in [0.1, 0.15) is 37.4 Å². The summed E-state index contributed by atoms with van der Waals surface area (Å²) >= 11 is 0. The zero-order chi connectivity index (χ0) is 10.1. The van der Waals surface area contributed by atoms with Crippen molar-refractivity contribution in [2.75, 3.05) is 0 Å². The first-order valence-corrected chi connectivity index (χ1v) is 5.22. The quantitative estimate of drug-likeness (QED) is 0.700. The summed E-state index contributed by atoms with van der Waals surface area (Å²) in [7, 11) is 0. The molecule has 2 unspecified atom stereocenters. The van der Waals surface area contributed by atoms with Crippen molar-refractivity contribution in [3.05, 3.63) is 22.4 Å². The van der Waals surface area contributed by atoms with Crippen LogP contribution in [-0.4, -0.2) is 15.6 Å². The van der Waals surface area contributed by atoms with Gasteiger partial charge in [-0.25, -0.2) is 4.79 Å². The van der Waals surface area contributed by atoms with E-state index >= 15 is 0 Å². The fourth-order valence-electron chi connectivity index (χ4n) is 2.34. The number of hydrogen-bond acceptors (Lipinski definition) is 2. The molecule has 2 atom stereocenters. The fourth-order valence-corrected chi connectivity index (χ4v) is 2.34. The maximum atomic E-state index is 11.5. The van der Waals surface area contributed by atoms with Crippen LogP contribution in [0.15, 0.2) is 11.0 Å². The van der Waals surface area contributed by atoms with Gasteiger partial charge in [0.1, 0.15) is 0 Å². The molecule has 0 saturated heterocycles. The monoisotopic (exact) mass is 195 g/mol. The van der Waals surface area contributed by atoms with E-state index in [2.05, 4.69) is 4.98 Å². The first kappa shape index (κ1) is 9.52. The Morgan fingerprint density at radius 2 is 2.21 bits per heavy atom. The van der Waals surface area contributed by atoms with Gasteiger partial charge in [-0.3, -0.25) is 4.57 Å². The van der Waals surface area contributed by atoms with Crippen molar-refractivity contribution in [2.45, 2.75) is 44.7 Å². The Kier molecular flexibility index (Phi) is 2.46. The molecule has 3 N–H and O–H groups in total. The molecule has 0 spiro atoms. The predicted molar refractivity (Wildman–Crippen MR) is 55.3 cm³/mol.